The Balaban J connectivity index is 1.82. The molecule has 0 aliphatic rings. The van der Waals surface area contributed by atoms with Crippen LogP contribution >= 0.6 is 11.3 Å². The van der Waals surface area contributed by atoms with Crippen LogP contribution in [0.5, 0.6) is 5.75 Å². The number of nitrogens with zero attached hydrogens (tertiary/aromatic N) is 2. The molecule has 0 aliphatic carbocycles. The van der Waals surface area contributed by atoms with Crippen molar-refractivity contribution < 1.29 is 14.3 Å². The molecule has 0 fully saturated rings. The highest BCUT2D eigenvalue weighted by molar-refractivity contribution is 7.19. The maximum atomic E-state index is 12.2. The van der Waals surface area contributed by atoms with Gasteiger partial charge in [0.1, 0.15) is 22.7 Å². The van der Waals surface area contributed by atoms with Gasteiger partial charge in [-0.1, -0.05) is 24.3 Å². The summed E-state index contributed by atoms with van der Waals surface area (Å²) >= 11 is 1.61. The Morgan fingerprint density at radius 3 is 2.60 bits per heavy atom. The number of aromatic nitrogens is 2. The van der Waals surface area contributed by atoms with Gasteiger partial charge in [-0.25, -0.2) is 14.8 Å². The Labute approximate surface area is 178 Å². The molecule has 0 unspecified atom stereocenters. The highest BCUT2D eigenvalue weighted by atomic mass is 32.1. The largest absolute Gasteiger partial charge is 0.494 e. The van der Waals surface area contributed by atoms with E-state index in [1.165, 1.54) is 13.4 Å². The number of hydrogen-bond acceptors (Lipinski definition) is 7. The van der Waals surface area contributed by atoms with E-state index < -0.39 is 5.97 Å². The van der Waals surface area contributed by atoms with Crippen molar-refractivity contribution in [3.63, 3.8) is 0 Å². The summed E-state index contributed by atoms with van der Waals surface area (Å²) in [6.07, 6.45) is 1.53. The molecule has 4 rings (SSSR count). The normalized spacial score (nSPS) is 10.8. The van der Waals surface area contributed by atoms with Gasteiger partial charge in [-0.2, -0.15) is 0 Å². The van der Waals surface area contributed by atoms with Crippen LogP contribution in [0.1, 0.15) is 22.2 Å². The Kier molecular flexibility index (Phi) is 5.63. The third-order valence-corrected chi connectivity index (χ3v) is 5.72. The van der Waals surface area contributed by atoms with Crippen LogP contribution in [0.25, 0.3) is 21.3 Å². The summed E-state index contributed by atoms with van der Waals surface area (Å²) in [5, 5.41) is 4.24. The minimum absolute atomic E-state index is 0.406. The number of rotatable bonds is 6. The number of aryl methyl sites for hydroxylation is 1. The molecule has 1 N–H and O–H groups in total. The first-order valence-corrected chi connectivity index (χ1v) is 10.4. The van der Waals surface area contributed by atoms with Gasteiger partial charge in [-0.05, 0) is 43.7 Å². The van der Waals surface area contributed by atoms with Crippen molar-refractivity contribution in [1.82, 2.24) is 9.97 Å². The van der Waals surface area contributed by atoms with Gasteiger partial charge in [0, 0.05) is 10.4 Å². The van der Waals surface area contributed by atoms with Crippen LogP contribution in [0.3, 0.4) is 0 Å². The zero-order valence-electron chi connectivity index (χ0n) is 16.9. The van der Waals surface area contributed by atoms with Crippen molar-refractivity contribution in [3.8, 4) is 16.9 Å². The second-order valence-electron chi connectivity index (χ2n) is 6.56. The quantitative estimate of drug-likeness (QED) is 0.410. The third kappa shape index (κ3) is 3.71. The first-order valence-electron chi connectivity index (χ1n) is 9.54. The predicted molar refractivity (Wildman–Crippen MR) is 120 cm³/mol. The molecule has 4 aromatic rings. The number of thiophene rings is 1. The molecule has 0 saturated heterocycles. The van der Waals surface area contributed by atoms with Gasteiger partial charge in [0.15, 0.2) is 0 Å². The fourth-order valence-electron chi connectivity index (χ4n) is 3.38. The number of fused-ring (bicyclic) bond motifs is 1. The van der Waals surface area contributed by atoms with Crippen LogP contribution in [0.2, 0.25) is 0 Å². The fraction of sp³-hybridized carbons (Fsp3) is 0.174. The van der Waals surface area contributed by atoms with E-state index in [-0.39, 0.29) is 0 Å². The van der Waals surface area contributed by atoms with Crippen LogP contribution in [-0.4, -0.2) is 29.7 Å². The molecule has 0 atom stereocenters. The van der Waals surface area contributed by atoms with E-state index in [4.69, 9.17) is 9.47 Å². The Morgan fingerprint density at radius 2 is 1.87 bits per heavy atom. The maximum Gasteiger partial charge on any atom is 0.339 e. The Morgan fingerprint density at radius 1 is 1.10 bits per heavy atom. The predicted octanol–water partition coefficient (Wildman–Crippen LogP) is 5.60. The molecule has 0 aliphatic heterocycles. The van der Waals surface area contributed by atoms with Crippen LogP contribution in [0, 0.1) is 6.92 Å². The molecule has 0 radical (unpaired) electrons. The molecule has 2 aromatic carbocycles. The van der Waals surface area contributed by atoms with E-state index >= 15 is 0 Å². The summed E-state index contributed by atoms with van der Waals surface area (Å²) in [4.78, 5) is 23.1. The summed E-state index contributed by atoms with van der Waals surface area (Å²) in [5.74, 6) is 1.07. The molecule has 30 heavy (non-hydrogen) atoms. The van der Waals surface area contributed by atoms with Crippen molar-refractivity contribution in [1.29, 1.82) is 0 Å². The number of benzene rings is 2. The number of carbonyl (C=O) groups excluding carboxylic acids is 1. The van der Waals surface area contributed by atoms with E-state index in [0.29, 0.717) is 23.7 Å². The first kappa shape index (κ1) is 19.8. The molecule has 2 aromatic heterocycles. The van der Waals surface area contributed by atoms with Gasteiger partial charge in [0.25, 0.3) is 0 Å². The highest BCUT2D eigenvalue weighted by Gasteiger charge is 2.19. The number of anilines is 2. The molecular weight excluding hydrogens is 398 g/mol. The molecule has 6 nitrogen and oxygen atoms in total. The van der Waals surface area contributed by atoms with Crippen LogP contribution in [0.4, 0.5) is 11.5 Å². The zero-order valence-corrected chi connectivity index (χ0v) is 17.7. The summed E-state index contributed by atoms with van der Waals surface area (Å²) < 4.78 is 10.5. The van der Waals surface area contributed by atoms with Crippen molar-refractivity contribution >= 4 is 39.0 Å². The number of nitrogens with one attached hydrogen (secondary N) is 1. The smallest absolute Gasteiger partial charge is 0.339 e. The number of carbonyl (C=O) groups is 1. The lowest BCUT2D eigenvalue weighted by molar-refractivity contribution is 0.0602. The van der Waals surface area contributed by atoms with Crippen molar-refractivity contribution in [3.05, 3.63) is 65.3 Å². The second-order valence-corrected chi connectivity index (χ2v) is 7.76. The van der Waals surface area contributed by atoms with E-state index in [9.17, 15) is 4.79 Å². The molecule has 0 bridgehead atoms. The van der Waals surface area contributed by atoms with Gasteiger partial charge in [-0.3, -0.25) is 0 Å². The fourth-order valence-corrected chi connectivity index (χ4v) is 4.39. The van der Waals surface area contributed by atoms with Crippen molar-refractivity contribution in [2.75, 3.05) is 19.0 Å². The minimum atomic E-state index is -0.406. The minimum Gasteiger partial charge on any atom is -0.494 e. The topological polar surface area (TPSA) is 73.3 Å². The van der Waals surface area contributed by atoms with Crippen LogP contribution in [0.15, 0.2) is 54.9 Å². The molecule has 0 spiro atoms. The second kappa shape index (κ2) is 8.51. The molecule has 0 saturated carbocycles. The van der Waals surface area contributed by atoms with E-state index in [1.54, 1.807) is 23.5 Å². The lowest BCUT2D eigenvalue weighted by atomic mass is 10.0. The summed E-state index contributed by atoms with van der Waals surface area (Å²) in [6, 6.07) is 15.2. The number of hydrogen-bond donors (Lipinski definition) is 1. The summed E-state index contributed by atoms with van der Waals surface area (Å²) in [6.45, 7) is 4.66. The Hall–Kier alpha value is -3.45. The molecule has 0 amide bonds. The molecule has 152 valence electrons. The summed E-state index contributed by atoms with van der Waals surface area (Å²) in [5.41, 5.74) is 3.20. The average molecular weight is 420 g/mol. The Bertz CT molecular complexity index is 1200. The van der Waals surface area contributed by atoms with Gasteiger partial charge in [0.2, 0.25) is 0 Å². The van der Waals surface area contributed by atoms with Gasteiger partial charge in [0.05, 0.1) is 30.4 Å². The lowest BCUT2D eigenvalue weighted by Crippen LogP contribution is -2.06. The summed E-state index contributed by atoms with van der Waals surface area (Å²) in [7, 11) is 1.37. The first-order chi connectivity index (χ1) is 14.6. The van der Waals surface area contributed by atoms with Crippen molar-refractivity contribution in [2.24, 2.45) is 0 Å². The number of methoxy groups -OCH3 is 1. The van der Waals surface area contributed by atoms with Crippen molar-refractivity contribution in [2.45, 2.75) is 13.8 Å². The average Bonchev–Trinajstić information content (AvgIpc) is 3.11. The molecule has 2 heterocycles. The van der Waals surface area contributed by atoms with Gasteiger partial charge < -0.3 is 14.8 Å². The number of para-hydroxylation sites is 1. The standard InChI is InChI=1S/C23H21N3O3S/c1-4-29-16-11-9-15(10-12-16)19-14(2)30-22-20(19)21(24-13-25-22)26-18-8-6-5-7-17(18)23(27)28-3/h5-13H,4H2,1-3H3,(H,24,25,26). The molecule has 7 heteroatoms. The van der Waals surface area contributed by atoms with Gasteiger partial charge >= 0.3 is 5.97 Å². The van der Waals surface area contributed by atoms with E-state index in [2.05, 4.69) is 22.2 Å². The van der Waals surface area contributed by atoms with Crippen LogP contribution in [-0.2, 0) is 4.74 Å². The number of ether oxygens (including phenoxy) is 2. The van der Waals surface area contributed by atoms with E-state index in [0.717, 1.165) is 32.0 Å². The third-order valence-electron chi connectivity index (χ3n) is 4.70. The molecular formula is C23H21N3O3S. The van der Waals surface area contributed by atoms with Gasteiger partial charge in [-0.15, -0.1) is 11.3 Å². The lowest BCUT2D eigenvalue weighted by Gasteiger charge is -2.12. The SMILES string of the molecule is CCOc1ccc(-c2c(C)sc3ncnc(Nc4ccccc4C(=O)OC)c23)cc1. The zero-order chi connectivity index (χ0) is 21.1. The monoisotopic (exact) mass is 419 g/mol. The van der Waals surface area contributed by atoms with Crippen LogP contribution < -0.4 is 10.1 Å². The maximum absolute atomic E-state index is 12.2. The highest BCUT2D eigenvalue weighted by Crippen LogP contribution is 2.41. The number of esters is 1. The van der Waals surface area contributed by atoms with E-state index in [1.807, 2.05) is 43.3 Å².